The highest BCUT2D eigenvalue weighted by molar-refractivity contribution is 7.13. The van der Waals surface area contributed by atoms with Crippen molar-refractivity contribution in [1.82, 2.24) is 15.2 Å². The number of likely N-dealkylation sites (tertiary alicyclic amines) is 1. The molecule has 0 spiro atoms. The van der Waals surface area contributed by atoms with E-state index in [1.807, 2.05) is 42.6 Å². The van der Waals surface area contributed by atoms with E-state index in [9.17, 15) is 9.59 Å². The SMILES string of the molecule is CCCC(=O)N1CCC[C@@H]1C(=O)NCCc1csc(-c2ccccc2)n1. The van der Waals surface area contributed by atoms with Crippen LogP contribution in [0.3, 0.4) is 0 Å². The average molecular weight is 372 g/mol. The molecule has 1 aromatic heterocycles. The maximum Gasteiger partial charge on any atom is 0.242 e. The average Bonchev–Trinajstić information content (AvgIpc) is 3.32. The number of carbonyl (C=O) groups excluding carboxylic acids is 2. The van der Waals surface area contributed by atoms with Crippen molar-refractivity contribution < 1.29 is 9.59 Å². The summed E-state index contributed by atoms with van der Waals surface area (Å²) in [5.74, 6) is 0.0580. The second-order valence-electron chi connectivity index (χ2n) is 6.55. The number of nitrogens with one attached hydrogen (secondary N) is 1. The Hall–Kier alpha value is -2.21. The molecular formula is C20H25N3O2S. The van der Waals surface area contributed by atoms with Crippen LogP contribution in [0.25, 0.3) is 10.6 Å². The van der Waals surface area contributed by atoms with Crippen molar-refractivity contribution in [1.29, 1.82) is 0 Å². The van der Waals surface area contributed by atoms with Crippen LogP contribution in [-0.4, -0.2) is 40.8 Å². The van der Waals surface area contributed by atoms with Crippen LogP contribution >= 0.6 is 11.3 Å². The normalized spacial score (nSPS) is 16.7. The lowest BCUT2D eigenvalue weighted by molar-refractivity contribution is -0.138. The highest BCUT2D eigenvalue weighted by Crippen LogP contribution is 2.23. The Kier molecular flexibility index (Phi) is 6.39. The molecule has 2 aromatic rings. The van der Waals surface area contributed by atoms with E-state index in [1.165, 1.54) is 0 Å². The first kappa shape index (κ1) is 18.6. The number of amides is 2. The number of aromatic nitrogens is 1. The van der Waals surface area contributed by atoms with Crippen molar-refractivity contribution in [3.05, 3.63) is 41.4 Å². The van der Waals surface area contributed by atoms with Gasteiger partial charge in [0.1, 0.15) is 11.0 Å². The van der Waals surface area contributed by atoms with Crippen molar-refractivity contribution in [3.8, 4) is 10.6 Å². The van der Waals surface area contributed by atoms with Crippen LogP contribution in [0, 0.1) is 0 Å². The number of rotatable bonds is 7. The Morgan fingerprint density at radius 1 is 1.31 bits per heavy atom. The number of hydrogen-bond acceptors (Lipinski definition) is 4. The van der Waals surface area contributed by atoms with Gasteiger partial charge in [-0.25, -0.2) is 4.98 Å². The van der Waals surface area contributed by atoms with Gasteiger partial charge in [0.05, 0.1) is 5.69 Å². The lowest BCUT2D eigenvalue weighted by Gasteiger charge is -2.23. The van der Waals surface area contributed by atoms with Crippen LogP contribution < -0.4 is 5.32 Å². The predicted molar refractivity (Wildman–Crippen MR) is 104 cm³/mol. The van der Waals surface area contributed by atoms with Gasteiger partial charge < -0.3 is 10.2 Å². The summed E-state index contributed by atoms with van der Waals surface area (Å²) < 4.78 is 0. The summed E-state index contributed by atoms with van der Waals surface area (Å²) in [6.45, 7) is 3.23. The molecule has 0 saturated carbocycles. The molecule has 1 aliphatic heterocycles. The first-order chi connectivity index (χ1) is 12.7. The Morgan fingerprint density at radius 3 is 2.88 bits per heavy atom. The highest BCUT2D eigenvalue weighted by Gasteiger charge is 2.33. The van der Waals surface area contributed by atoms with Crippen molar-refractivity contribution in [2.24, 2.45) is 0 Å². The Morgan fingerprint density at radius 2 is 2.12 bits per heavy atom. The number of hydrogen-bond donors (Lipinski definition) is 1. The third-order valence-electron chi connectivity index (χ3n) is 4.59. The number of nitrogens with zero attached hydrogens (tertiary/aromatic N) is 2. The second-order valence-corrected chi connectivity index (χ2v) is 7.40. The zero-order chi connectivity index (χ0) is 18.4. The summed E-state index contributed by atoms with van der Waals surface area (Å²) in [7, 11) is 0. The molecule has 2 amide bonds. The molecule has 0 unspecified atom stereocenters. The Balaban J connectivity index is 1.49. The molecule has 1 N–H and O–H groups in total. The highest BCUT2D eigenvalue weighted by atomic mass is 32.1. The molecule has 26 heavy (non-hydrogen) atoms. The standard InChI is InChI=1S/C20H25N3O2S/c1-2-7-18(24)23-13-6-10-17(23)19(25)21-12-11-16-14-26-20(22-16)15-8-4-3-5-9-15/h3-5,8-9,14,17H,2,6-7,10-13H2,1H3,(H,21,25)/t17-/m1/s1. The third kappa shape index (κ3) is 4.49. The first-order valence-corrected chi connectivity index (χ1v) is 10.1. The molecule has 1 saturated heterocycles. The van der Waals surface area contributed by atoms with E-state index in [2.05, 4.69) is 10.3 Å². The lowest BCUT2D eigenvalue weighted by Crippen LogP contribution is -2.46. The van der Waals surface area contributed by atoms with Crippen molar-refractivity contribution >= 4 is 23.2 Å². The van der Waals surface area contributed by atoms with Gasteiger partial charge in [-0.1, -0.05) is 37.3 Å². The summed E-state index contributed by atoms with van der Waals surface area (Å²) in [4.78, 5) is 31.0. The van der Waals surface area contributed by atoms with Gasteiger partial charge in [-0.15, -0.1) is 11.3 Å². The molecule has 2 heterocycles. The molecule has 138 valence electrons. The fourth-order valence-electron chi connectivity index (χ4n) is 3.26. The van der Waals surface area contributed by atoms with Gasteiger partial charge in [0.15, 0.2) is 0 Å². The van der Waals surface area contributed by atoms with Crippen LogP contribution in [0.4, 0.5) is 0 Å². The smallest absolute Gasteiger partial charge is 0.242 e. The summed E-state index contributed by atoms with van der Waals surface area (Å²) in [6, 6.07) is 9.79. The molecule has 1 fully saturated rings. The van der Waals surface area contributed by atoms with E-state index >= 15 is 0 Å². The Bertz CT molecular complexity index is 745. The molecular weight excluding hydrogens is 346 g/mol. The van der Waals surface area contributed by atoms with E-state index in [-0.39, 0.29) is 17.9 Å². The molecule has 1 atom stereocenters. The zero-order valence-corrected chi connectivity index (χ0v) is 15.9. The molecule has 5 nitrogen and oxygen atoms in total. The number of benzene rings is 1. The molecule has 1 aromatic carbocycles. The van der Waals surface area contributed by atoms with Gasteiger partial charge in [-0.3, -0.25) is 9.59 Å². The van der Waals surface area contributed by atoms with E-state index in [0.29, 0.717) is 25.9 Å². The third-order valence-corrected chi connectivity index (χ3v) is 5.53. The lowest BCUT2D eigenvalue weighted by atomic mass is 10.2. The predicted octanol–water partition coefficient (Wildman–Crippen LogP) is 3.26. The summed E-state index contributed by atoms with van der Waals surface area (Å²) in [5, 5.41) is 6.02. The molecule has 1 aliphatic rings. The van der Waals surface area contributed by atoms with Crippen molar-refractivity contribution in [3.63, 3.8) is 0 Å². The van der Waals surface area contributed by atoms with Gasteiger partial charge >= 0.3 is 0 Å². The molecule has 0 aliphatic carbocycles. The van der Waals surface area contributed by atoms with Crippen molar-refractivity contribution in [2.45, 2.75) is 45.1 Å². The van der Waals surface area contributed by atoms with Gasteiger partial charge in [-0.05, 0) is 19.3 Å². The minimum Gasteiger partial charge on any atom is -0.354 e. The topological polar surface area (TPSA) is 62.3 Å². The van der Waals surface area contributed by atoms with Crippen LogP contribution in [0.15, 0.2) is 35.7 Å². The molecule has 3 rings (SSSR count). The van der Waals surface area contributed by atoms with Crippen LogP contribution in [0.1, 0.15) is 38.3 Å². The molecule has 0 bridgehead atoms. The second kappa shape index (κ2) is 8.94. The van der Waals surface area contributed by atoms with Crippen LogP contribution in [0.5, 0.6) is 0 Å². The molecule has 0 radical (unpaired) electrons. The van der Waals surface area contributed by atoms with Gasteiger partial charge in [0.25, 0.3) is 0 Å². The Labute approximate surface area is 158 Å². The van der Waals surface area contributed by atoms with Crippen LogP contribution in [-0.2, 0) is 16.0 Å². The fourth-order valence-corrected chi connectivity index (χ4v) is 4.12. The van der Waals surface area contributed by atoms with Gasteiger partial charge in [0.2, 0.25) is 11.8 Å². The van der Waals surface area contributed by atoms with Crippen molar-refractivity contribution in [2.75, 3.05) is 13.1 Å². The van der Waals surface area contributed by atoms with Gasteiger partial charge in [0, 0.05) is 36.9 Å². The largest absolute Gasteiger partial charge is 0.354 e. The molecule has 6 heteroatoms. The first-order valence-electron chi connectivity index (χ1n) is 9.26. The summed E-state index contributed by atoms with van der Waals surface area (Å²) >= 11 is 1.62. The van der Waals surface area contributed by atoms with E-state index < -0.39 is 0 Å². The number of carbonyl (C=O) groups is 2. The monoisotopic (exact) mass is 371 g/mol. The van der Waals surface area contributed by atoms with Gasteiger partial charge in [-0.2, -0.15) is 0 Å². The summed E-state index contributed by atoms with van der Waals surface area (Å²) in [5.41, 5.74) is 2.10. The zero-order valence-electron chi connectivity index (χ0n) is 15.1. The minimum absolute atomic E-state index is 0.0366. The minimum atomic E-state index is -0.302. The quantitative estimate of drug-likeness (QED) is 0.813. The fraction of sp³-hybridized carbons (Fsp3) is 0.450. The van der Waals surface area contributed by atoms with Crippen LogP contribution in [0.2, 0.25) is 0 Å². The maximum atomic E-state index is 12.5. The summed E-state index contributed by atoms with van der Waals surface area (Å²) in [6.07, 6.45) is 3.70. The van der Waals surface area contributed by atoms with E-state index in [4.69, 9.17) is 0 Å². The maximum absolute atomic E-state index is 12.5. The number of thiazole rings is 1. The van der Waals surface area contributed by atoms with E-state index in [0.717, 1.165) is 35.5 Å². The van der Waals surface area contributed by atoms with E-state index in [1.54, 1.807) is 16.2 Å².